The highest BCUT2D eigenvalue weighted by atomic mass is 16.5. The van der Waals surface area contributed by atoms with Gasteiger partial charge in [0.05, 0.1) is 12.2 Å². The van der Waals surface area contributed by atoms with Gasteiger partial charge in [-0.15, -0.1) is 5.16 Å². The van der Waals surface area contributed by atoms with Gasteiger partial charge in [0.25, 0.3) is 0 Å². The van der Waals surface area contributed by atoms with Crippen molar-refractivity contribution in [2.75, 3.05) is 13.7 Å². The Balaban J connectivity index is 1.64. The van der Waals surface area contributed by atoms with Crippen molar-refractivity contribution in [3.8, 4) is 0 Å². The normalized spacial score (nSPS) is 53.9. The zero-order valence-electron chi connectivity index (χ0n) is 16.8. The lowest BCUT2D eigenvalue weighted by atomic mass is 9.43. The lowest BCUT2D eigenvalue weighted by Gasteiger charge is -2.62. The minimum absolute atomic E-state index is 0.268. The number of rotatable bonds is 3. The van der Waals surface area contributed by atoms with Crippen molar-refractivity contribution >= 4 is 6.21 Å². The van der Waals surface area contributed by atoms with Crippen LogP contribution in [0.5, 0.6) is 0 Å². The molecule has 0 aromatic rings. The quantitative estimate of drug-likeness (QED) is 0.441. The van der Waals surface area contributed by atoms with Crippen LogP contribution in [0.15, 0.2) is 5.16 Å². The molecule has 0 aromatic heterocycles. The fourth-order valence-electron chi connectivity index (χ4n) is 8.15. The molecule has 0 radical (unpaired) electrons. The molecule has 0 saturated heterocycles. The topological polar surface area (TPSA) is 62.0 Å². The van der Waals surface area contributed by atoms with E-state index >= 15 is 0 Å². The maximum Gasteiger partial charge on any atom is 0.0622 e. The molecular weight excluding hydrogens is 326 g/mol. The van der Waals surface area contributed by atoms with Crippen LogP contribution in [0, 0.1) is 40.4 Å². The van der Waals surface area contributed by atoms with E-state index in [1.54, 1.807) is 0 Å². The van der Waals surface area contributed by atoms with Gasteiger partial charge in [0.2, 0.25) is 0 Å². The van der Waals surface area contributed by atoms with Gasteiger partial charge in [0.1, 0.15) is 0 Å². The maximum atomic E-state index is 10.7. The highest BCUT2D eigenvalue weighted by Crippen LogP contribution is 2.67. The average Bonchev–Trinajstić information content (AvgIpc) is 2.92. The van der Waals surface area contributed by atoms with Gasteiger partial charge in [0.15, 0.2) is 0 Å². The number of hydrogen-bond acceptors (Lipinski definition) is 4. The number of methoxy groups -OCH3 is 1. The molecule has 4 aliphatic carbocycles. The summed E-state index contributed by atoms with van der Waals surface area (Å²) in [4.78, 5) is 0. The van der Waals surface area contributed by atoms with Crippen LogP contribution in [0.1, 0.15) is 71.6 Å². The minimum Gasteiger partial charge on any atom is -0.411 e. The standard InChI is InChI=1S/C22H37NO3/c1-20(24)10-11-22(14-26-3)15(12-20)4-6-17-18-7-5-16(13-23-25)21(18,2)9-8-19(17)22/h13,15-19,24-25H,4-12,14H2,1-3H3/b23-13+/t15-,16-,17+,18+,19+,20-,21?,22-/m1/s1. The summed E-state index contributed by atoms with van der Waals surface area (Å²) in [6.45, 7) is 5.34. The van der Waals surface area contributed by atoms with E-state index < -0.39 is 5.60 Å². The van der Waals surface area contributed by atoms with Crippen LogP contribution >= 0.6 is 0 Å². The van der Waals surface area contributed by atoms with E-state index in [4.69, 9.17) is 9.94 Å². The predicted octanol–water partition coefficient (Wildman–Crippen LogP) is 4.48. The fourth-order valence-corrected chi connectivity index (χ4v) is 8.15. The number of oxime groups is 1. The second-order valence-electron chi connectivity index (χ2n) is 10.5. The van der Waals surface area contributed by atoms with Crippen molar-refractivity contribution in [3.05, 3.63) is 0 Å². The van der Waals surface area contributed by atoms with Crippen molar-refractivity contribution in [1.82, 2.24) is 0 Å². The first-order chi connectivity index (χ1) is 12.4. The predicted molar refractivity (Wildman–Crippen MR) is 102 cm³/mol. The number of ether oxygens (including phenoxy) is 1. The smallest absolute Gasteiger partial charge is 0.0622 e. The average molecular weight is 364 g/mol. The van der Waals surface area contributed by atoms with Crippen molar-refractivity contribution < 1.29 is 15.1 Å². The Bertz CT molecular complexity index is 562. The summed E-state index contributed by atoms with van der Waals surface area (Å²) in [7, 11) is 1.86. The van der Waals surface area contributed by atoms with Crippen LogP contribution in [0.3, 0.4) is 0 Å². The first-order valence-electron chi connectivity index (χ1n) is 10.8. The summed E-state index contributed by atoms with van der Waals surface area (Å²) in [5.74, 6) is 3.30. The molecule has 1 unspecified atom stereocenters. The highest BCUT2D eigenvalue weighted by molar-refractivity contribution is 5.62. The number of fused-ring (bicyclic) bond motifs is 5. The van der Waals surface area contributed by atoms with Crippen LogP contribution in [0.25, 0.3) is 0 Å². The van der Waals surface area contributed by atoms with E-state index in [2.05, 4.69) is 12.1 Å². The summed E-state index contributed by atoms with van der Waals surface area (Å²) in [5, 5.41) is 23.2. The molecule has 0 aromatic carbocycles. The van der Waals surface area contributed by atoms with E-state index in [0.29, 0.717) is 17.3 Å². The molecular formula is C22H37NO3. The molecule has 8 atom stereocenters. The third kappa shape index (κ3) is 2.66. The Kier molecular flexibility index (Phi) is 4.67. The van der Waals surface area contributed by atoms with E-state index in [-0.39, 0.29) is 5.41 Å². The molecule has 0 aliphatic heterocycles. The summed E-state index contributed by atoms with van der Waals surface area (Å²) in [6.07, 6.45) is 12.3. The summed E-state index contributed by atoms with van der Waals surface area (Å²) in [5.41, 5.74) is 0.0764. The number of aliphatic hydroxyl groups is 1. The van der Waals surface area contributed by atoms with Gasteiger partial charge in [-0.05, 0) is 99.2 Å². The summed E-state index contributed by atoms with van der Waals surface area (Å²) >= 11 is 0. The molecule has 0 spiro atoms. The van der Waals surface area contributed by atoms with Crippen molar-refractivity contribution in [1.29, 1.82) is 0 Å². The summed E-state index contributed by atoms with van der Waals surface area (Å²) < 4.78 is 5.82. The van der Waals surface area contributed by atoms with Gasteiger partial charge in [-0.1, -0.05) is 6.92 Å². The van der Waals surface area contributed by atoms with Gasteiger partial charge >= 0.3 is 0 Å². The van der Waals surface area contributed by atoms with Crippen LogP contribution < -0.4 is 0 Å². The molecule has 26 heavy (non-hydrogen) atoms. The zero-order chi connectivity index (χ0) is 18.6. The Morgan fingerprint density at radius 2 is 1.85 bits per heavy atom. The molecule has 2 N–H and O–H groups in total. The minimum atomic E-state index is -0.492. The molecule has 4 rings (SSSR count). The van der Waals surface area contributed by atoms with Gasteiger partial charge < -0.3 is 15.1 Å². The molecule has 4 aliphatic rings. The van der Waals surface area contributed by atoms with Crippen LogP contribution in [0.4, 0.5) is 0 Å². The van der Waals surface area contributed by atoms with E-state index in [1.165, 1.54) is 38.5 Å². The van der Waals surface area contributed by atoms with Gasteiger partial charge in [-0.25, -0.2) is 0 Å². The number of nitrogens with zero attached hydrogens (tertiary/aromatic N) is 1. The second-order valence-corrected chi connectivity index (χ2v) is 10.5. The van der Waals surface area contributed by atoms with Crippen LogP contribution in [-0.4, -0.2) is 35.8 Å². The van der Waals surface area contributed by atoms with Gasteiger partial charge in [-0.2, -0.15) is 0 Å². The molecule has 0 amide bonds. The Morgan fingerprint density at radius 1 is 1.04 bits per heavy atom. The van der Waals surface area contributed by atoms with Crippen LogP contribution in [0.2, 0.25) is 0 Å². The van der Waals surface area contributed by atoms with Crippen molar-refractivity contribution in [2.45, 2.75) is 77.2 Å². The van der Waals surface area contributed by atoms with E-state index in [1.807, 2.05) is 20.2 Å². The van der Waals surface area contributed by atoms with Crippen molar-refractivity contribution in [2.24, 2.45) is 45.6 Å². The molecule has 0 bridgehead atoms. The third-order valence-electron chi connectivity index (χ3n) is 9.39. The lowest BCUT2D eigenvalue weighted by molar-refractivity contribution is -0.172. The number of hydrogen-bond donors (Lipinski definition) is 2. The second kappa shape index (κ2) is 6.48. The highest BCUT2D eigenvalue weighted by Gasteiger charge is 2.62. The van der Waals surface area contributed by atoms with Crippen LogP contribution in [-0.2, 0) is 4.74 Å². The fraction of sp³-hybridized carbons (Fsp3) is 0.955. The van der Waals surface area contributed by atoms with Crippen molar-refractivity contribution in [3.63, 3.8) is 0 Å². The zero-order valence-corrected chi connectivity index (χ0v) is 16.8. The van der Waals surface area contributed by atoms with E-state index in [9.17, 15) is 5.11 Å². The van der Waals surface area contributed by atoms with Gasteiger partial charge in [-0.3, -0.25) is 0 Å². The molecule has 0 heterocycles. The molecule has 4 heteroatoms. The monoisotopic (exact) mass is 363 g/mol. The Hall–Kier alpha value is -0.610. The molecule has 4 nitrogen and oxygen atoms in total. The first-order valence-corrected chi connectivity index (χ1v) is 10.8. The molecule has 4 saturated carbocycles. The van der Waals surface area contributed by atoms with Gasteiger partial charge in [0, 0.05) is 19.2 Å². The largest absolute Gasteiger partial charge is 0.411 e. The lowest BCUT2D eigenvalue weighted by Crippen LogP contribution is -2.58. The Labute approximate surface area is 158 Å². The SMILES string of the molecule is COC[C@]12CC[C@@](C)(O)C[C@H]1CC[C@H]1[C@@H]3CC[C@H](/C=N/O)C3(C)CC[C@@H]12. The Morgan fingerprint density at radius 3 is 2.58 bits per heavy atom. The third-order valence-corrected chi connectivity index (χ3v) is 9.39. The maximum absolute atomic E-state index is 10.7. The summed E-state index contributed by atoms with van der Waals surface area (Å²) in [6, 6.07) is 0. The first kappa shape index (κ1) is 18.7. The molecule has 4 fully saturated rings. The molecule has 148 valence electrons. The van der Waals surface area contributed by atoms with E-state index in [0.717, 1.165) is 43.6 Å².